The van der Waals surface area contributed by atoms with Crippen molar-refractivity contribution in [1.82, 2.24) is 25.3 Å². The van der Waals surface area contributed by atoms with Gasteiger partial charge < -0.3 is 15.0 Å². The van der Waals surface area contributed by atoms with Crippen molar-refractivity contribution < 1.29 is 9.53 Å². The average molecular weight is 484 g/mol. The molecule has 0 atom stereocenters. The molecule has 0 aliphatic heterocycles. The number of nitrogens with one attached hydrogen (secondary N) is 2. The second kappa shape index (κ2) is 8.48. The Morgan fingerprint density at radius 1 is 0.971 bits per heavy atom. The number of halogens is 1. The van der Waals surface area contributed by atoms with E-state index in [1.165, 1.54) is 6.07 Å². The lowest BCUT2D eigenvalue weighted by molar-refractivity contribution is 0.198. The maximum Gasteiger partial charge on any atom is 0.414 e. The van der Waals surface area contributed by atoms with Crippen LogP contribution in [-0.2, 0) is 0 Å². The van der Waals surface area contributed by atoms with Gasteiger partial charge >= 0.3 is 6.09 Å². The normalized spacial score (nSPS) is 13.2. The highest BCUT2D eigenvalue weighted by Crippen LogP contribution is 2.34. The molecule has 5 aromatic rings. The van der Waals surface area contributed by atoms with Gasteiger partial charge in [-0.05, 0) is 31.0 Å². The van der Waals surface area contributed by atoms with Crippen LogP contribution < -0.4 is 15.5 Å². The molecule has 0 spiro atoms. The first kappa shape index (κ1) is 21.2. The molecule has 1 saturated carbocycles. The number of amides is 1. The molecule has 6 rings (SSSR count). The Balaban J connectivity index is 1.53. The number of fused-ring (bicyclic) bond motifs is 2. The summed E-state index contributed by atoms with van der Waals surface area (Å²) >= 11 is 6.54. The summed E-state index contributed by atoms with van der Waals surface area (Å²) in [5, 5.41) is 4.03. The molecule has 1 amide bonds. The van der Waals surface area contributed by atoms with Crippen molar-refractivity contribution in [3.05, 3.63) is 82.1 Å². The van der Waals surface area contributed by atoms with E-state index in [1.54, 1.807) is 12.3 Å². The topological polar surface area (TPSA) is 110 Å². The van der Waals surface area contributed by atoms with Crippen LogP contribution in [0.2, 0.25) is 5.02 Å². The molecule has 172 valence electrons. The number of pyridine rings is 2. The van der Waals surface area contributed by atoms with Gasteiger partial charge in [-0.15, -0.1) is 0 Å². The first-order valence-electron chi connectivity index (χ1n) is 11.1. The summed E-state index contributed by atoms with van der Waals surface area (Å²) in [6.07, 6.45) is 2.91. The number of hydrogen-bond acceptors (Lipinski definition) is 6. The predicted octanol–water partition coefficient (Wildman–Crippen LogP) is 5.10. The molecule has 35 heavy (non-hydrogen) atoms. The van der Waals surface area contributed by atoms with Crippen LogP contribution >= 0.6 is 11.6 Å². The Morgan fingerprint density at radius 3 is 2.57 bits per heavy atom. The van der Waals surface area contributed by atoms with E-state index in [-0.39, 0.29) is 23.1 Å². The maximum absolute atomic E-state index is 13.0. The Morgan fingerprint density at radius 2 is 1.77 bits per heavy atom. The number of aromatic amines is 1. The van der Waals surface area contributed by atoms with Gasteiger partial charge in [0, 0.05) is 34.8 Å². The van der Waals surface area contributed by atoms with E-state index in [2.05, 4.69) is 15.3 Å². The Kier molecular flexibility index (Phi) is 5.15. The van der Waals surface area contributed by atoms with Gasteiger partial charge in [-0.25, -0.2) is 14.8 Å². The van der Waals surface area contributed by atoms with Crippen LogP contribution in [0.4, 0.5) is 4.79 Å². The number of hydrogen-bond donors (Lipinski definition) is 2. The molecule has 0 bridgehead atoms. The lowest BCUT2D eigenvalue weighted by Gasteiger charge is -2.12. The minimum Gasteiger partial charge on any atom is -0.393 e. The molecule has 1 aliphatic rings. The number of aromatic nitrogens is 4. The fourth-order valence-electron chi connectivity index (χ4n) is 3.90. The second-order valence-electron chi connectivity index (χ2n) is 8.32. The van der Waals surface area contributed by atoms with Crippen LogP contribution in [0.1, 0.15) is 12.8 Å². The fourth-order valence-corrected chi connectivity index (χ4v) is 4.17. The molecule has 1 aliphatic carbocycles. The van der Waals surface area contributed by atoms with Gasteiger partial charge in [-0.3, -0.25) is 9.78 Å². The monoisotopic (exact) mass is 483 g/mol. The third kappa shape index (κ3) is 4.20. The predicted molar refractivity (Wildman–Crippen MR) is 134 cm³/mol. The second-order valence-corrected chi connectivity index (χ2v) is 8.73. The van der Waals surface area contributed by atoms with Crippen molar-refractivity contribution in [2.24, 2.45) is 0 Å². The van der Waals surface area contributed by atoms with Crippen LogP contribution in [0.15, 0.2) is 71.7 Å². The van der Waals surface area contributed by atoms with Gasteiger partial charge in [0.05, 0.1) is 21.9 Å². The molecule has 3 heterocycles. The first-order valence-corrected chi connectivity index (χ1v) is 11.5. The van der Waals surface area contributed by atoms with Gasteiger partial charge in [0.15, 0.2) is 11.2 Å². The highest BCUT2D eigenvalue weighted by Gasteiger charge is 2.24. The third-order valence-electron chi connectivity index (χ3n) is 5.71. The number of benzene rings is 2. The largest absolute Gasteiger partial charge is 0.414 e. The number of ether oxygens (including phenoxy) is 1. The molecule has 3 aromatic heterocycles. The molecule has 8 nitrogen and oxygen atoms in total. The van der Waals surface area contributed by atoms with E-state index in [1.807, 2.05) is 48.5 Å². The van der Waals surface area contributed by atoms with Crippen LogP contribution in [-0.4, -0.2) is 32.1 Å². The summed E-state index contributed by atoms with van der Waals surface area (Å²) in [5.74, 6) is 0.00142. The number of H-pyrrole nitrogens is 1. The summed E-state index contributed by atoms with van der Waals surface area (Å²) in [6, 6.07) is 18.3. The van der Waals surface area contributed by atoms with E-state index in [0.29, 0.717) is 27.5 Å². The van der Waals surface area contributed by atoms with Gasteiger partial charge in [0.1, 0.15) is 0 Å². The highest BCUT2D eigenvalue weighted by atomic mass is 35.5. The van der Waals surface area contributed by atoms with E-state index in [0.717, 1.165) is 23.8 Å². The first-order chi connectivity index (χ1) is 17.0. The smallest absolute Gasteiger partial charge is 0.393 e. The summed E-state index contributed by atoms with van der Waals surface area (Å²) < 4.78 is 5.28. The van der Waals surface area contributed by atoms with Gasteiger partial charge in [-0.2, -0.15) is 0 Å². The zero-order chi connectivity index (χ0) is 23.9. The van der Waals surface area contributed by atoms with E-state index in [4.69, 9.17) is 26.3 Å². The van der Waals surface area contributed by atoms with Crippen LogP contribution in [0.25, 0.3) is 44.6 Å². The Labute approximate surface area is 204 Å². The summed E-state index contributed by atoms with van der Waals surface area (Å²) in [7, 11) is 0. The third-order valence-corrected chi connectivity index (χ3v) is 6.00. The highest BCUT2D eigenvalue weighted by molar-refractivity contribution is 6.35. The van der Waals surface area contributed by atoms with Crippen molar-refractivity contribution in [2.75, 3.05) is 0 Å². The van der Waals surface area contributed by atoms with Gasteiger partial charge in [-0.1, -0.05) is 48.0 Å². The Bertz CT molecular complexity index is 1670. The standard InChI is InChI=1S/C26H18ClN5O3/c27-18-12-16(11-15-7-4-10-28-21(15)18)23-22(14-5-2-1-3-6-14)32-25-24(31-23)19(33)13-20(30-25)35-26(34)29-17-8-9-17/h1-7,10-13,17H,8-9H2,(H,29,34)(H,30,32,33). The molecular formula is C26H18ClN5O3. The molecule has 2 N–H and O–H groups in total. The summed E-state index contributed by atoms with van der Waals surface area (Å²) in [4.78, 5) is 41.8. The number of rotatable bonds is 4. The molecule has 9 heteroatoms. The van der Waals surface area contributed by atoms with Crippen molar-refractivity contribution in [2.45, 2.75) is 18.9 Å². The number of nitrogens with zero attached hydrogens (tertiary/aromatic N) is 3. The van der Waals surface area contributed by atoms with Crippen LogP contribution in [0.5, 0.6) is 5.88 Å². The minimum atomic E-state index is -0.616. The summed E-state index contributed by atoms with van der Waals surface area (Å²) in [6.45, 7) is 0. The SMILES string of the molecule is O=C(NC1CC1)Oc1cc(=O)c2nc(-c3cc(Cl)c4ncccc4c3)c(-c3ccccc3)nc2[nH]1. The lowest BCUT2D eigenvalue weighted by atomic mass is 10.0. The molecule has 0 unspecified atom stereocenters. The van der Waals surface area contributed by atoms with Crippen LogP contribution in [0.3, 0.4) is 0 Å². The number of carbonyl (C=O) groups excluding carboxylic acids is 1. The molecule has 1 fully saturated rings. The quantitative estimate of drug-likeness (QED) is 0.368. The van der Waals surface area contributed by atoms with Crippen LogP contribution in [0, 0.1) is 0 Å². The van der Waals surface area contributed by atoms with Crippen molar-refractivity contribution >= 4 is 39.8 Å². The van der Waals surface area contributed by atoms with Gasteiger partial charge in [0.25, 0.3) is 0 Å². The lowest BCUT2D eigenvalue weighted by Crippen LogP contribution is -2.29. The fraction of sp³-hybridized carbons (Fsp3) is 0.115. The average Bonchev–Trinajstić information content (AvgIpc) is 3.68. The Hall–Kier alpha value is -4.30. The van der Waals surface area contributed by atoms with Crippen molar-refractivity contribution in [3.63, 3.8) is 0 Å². The zero-order valence-corrected chi connectivity index (χ0v) is 19.0. The number of carbonyl (C=O) groups is 1. The van der Waals surface area contributed by atoms with Crippen molar-refractivity contribution in [1.29, 1.82) is 0 Å². The zero-order valence-electron chi connectivity index (χ0n) is 18.3. The van der Waals surface area contributed by atoms with Gasteiger partial charge in [0.2, 0.25) is 11.3 Å². The molecule has 2 aromatic carbocycles. The molecule has 0 saturated heterocycles. The molecular weight excluding hydrogens is 466 g/mol. The van der Waals surface area contributed by atoms with E-state index in [9.17, 15) is 9.59 Å². The summed E-state index contributed by atoms with van der Waals surface area (Å²) in [5.41, 5.74) is 3.15. The minimum absolute atomic E-state index is 0.00142. The maximum atomic E-state index is 13.0. The van der Waals surface area contributed by atoms with E-state index >= 15 is 0 Å². The van der Waals surface area contributed by atoms with E-state index < -0.39 is 11.5 Å². The molecule has 0 radical (unpaired) electrons. The van der Waals surface area contributed by atoms with Crippen molar-refractivity contribution in [3.8, 4) is 28.4 Å².